The van der Waals surface area contributed by atoms with Crippen LogP contribution in [0.4, 0.5) is 0 Å². The van der Waals surface area contributed by atoms with Gasteiger partial charge < -0.3 is 10.0 Å². The summed E-state index contributed by atoms with van der Waals surface area (Å²) in [5, 5.41) is 8.88. The number of nitrogens with zero attached hydrogens (tertiary/aromatic N) is 1. The second kappa shape index (κ2) is 2.97. The molecule has 1 atom stereocenters. The number of hydrogen-bond donors (Lipinski definition) is 1. The first-order valence-electron chi connectivity index (χ1n) is 3.64. The van der Waals surface area contributed by atoms with Gasteiger partial charge in [-0.05, 0) is 6.92 Å². The van der Waals surface area contributed by atoms with Crippen LogP contribution in [-0.2, 0) is 9.59 Å². The molecule has 0 aliphatic carbocycles. The van der Waals surface area contributed by atoms with Crippen LogP contribution in [0.3, 0.4) is 0 Å². The first kappa shape index (κ1) is 9.38. The molecular formula is C7H11NO3S. The van der Waals surface area contributed by atoms with Gasteiger partial charge in [-0.1, -0.05) is 0 Å². The van der Waals surface area contributed by atoms with Crippen LogP contribution in [0.15, 0.2) is 0 Å². The van der Waals surface area contributed by atoms with Crippen molar-refractivity contribution in [2.45, 2.75) is 18.7 Å². The molecule has 1 unspecified atom stereocenters. The van der Waals surface area contributed by atoms with Crippen LogP contribution in [0.5, 0.6) is 0 Å². The van der Waals surface area contributed by atoms with Crippen LogP contribution in [0.2, 0.25) is 0 Å². The Hall–Kier alpha value is -0.710. The second-order valence-electron chi connectivity index (χ2n) is 2.81. The zero-order valence-electron chi connectivity index (χ0n) is 7.03. The van der Waals surface area contributed by atoms with Crippen molar-refractivity contribution in [3.05, 3.63) is 0 Å². The van der Waals surface area contributed by atoms with E-state index in [1.165, 1.54) is 23.6 Å². The van der Waals surface area contributed by atoms with E-state index in [2.05, 4.69) is 0 Å². The zero-order chi connectivity index (χ0) is 9.35. The Morgan fingerprint density at radius 1 is 1.58 bits per heavy atom. The van der Waals surface area contributed by atoms with Crippen LogP contribution >= 0.6 is 11.8 Å². The van der Waals surface area contributed by atoms with E-state index in [4.69, 9.17) is 5.11 Å². The number of carboxylic acids is 1. The lowest BCUT2D eigenvalue weighted by molar-refractivity contribution is -0.149. The summed E-state index contributed by atoms with van der Waals surface area (Å²) in [5.41, 5.74) is 0. The molecule has 68 valence electrons. The SMILES string of the molecule is CC(=O)N1CCSC1(C)C(=O)O. The quantitative estimate of drug-likeness (QED) is 0.648. The van der Waals surface area contributed by atoms with E-state index >= 15 is 0 Å². The second-order valence-corrected chi connectivity index (χ2v) is 4.30. The summed E-state index contributed by atoms with van der Waals surface area (Å²) < 4.78 is 0. The standard InChI is InChI=1S/C7H11NO3S/c1-5(9)8-3-4-12-7(8,2)6(10)11/h3-4H2,1-2H3,(H,10,11). The normalized spacial score (nSPS) is 29.0. The molecule has 1 fully saturated rings. The fourth-order valence-electron chi connectivity index (χ4n) is 1.26. The van der Waals surface area contributed by atoms with E-state index < -0.39 is 10.8 Å². The number of carboxylic acid groups (broad SMARTS) is 1. The average molecular weight is 189 g/mol. The van der Waals surface area contributed by atoms with Crippen molar-refractivity contribution in [2.24, 2.45) is 0 Å². The summed E-state index contributed by atoms with van der Waals surface area (Å²) in [6, 6.07) is 0. The van der Waals surface area contributed by atoms with Crippen molar-refractivity contribution in [3.63, 3.8) is 0 Å². The van der Waals surface area contributed by atoms with Gasteiger partial charge in [0.05, 0.1) is 0 Å². The van der Waals surface area contributed by atoms with Crippen LogP contribution < -0.4 is 0 Å². The third-order valence-electron chi connectivity index (χ3n) is 1.99. The Morgan fingerprint density at radius 3 is 2.50 bits per heavy atom. The summed E-state index contributed by atoms with van der Waals surface area (Å²) in [6.45, 7) is 3.49. The zero-order valence-corrected chi connectivity index (χ0v) is 7.85. The summed E-state index contributed by atoms with van der Waals surface area (Å²) in [6.07, 6.45) is 0. The summed E-state index contributed by atoms with van der Waals surface area (Å²) in [7, 11) is 0. The average Bonchev–Trinajstić information content (AvgIpc) is 2.32. The molecule has 1 aliphatic rings. The largest absolute Gasteiger partial charge is 0.479 e. The summed E-state index contributed by atoms with van der Waals surface area (Å²) in [5.74, 6) is -0.423. The number of rotatable bonds is 1. The molecule has 1 rings (SSSR count). The number of hydrogen-bond acceptors (Lipinski definition) is 3. The van der Waals surface area contributed by atoms with Gasteiger partial charge in [0, 0.05) is 19.2 Å². The minimum atomic E-state index is -1.05. The van der Waals surface area contributed by atoms with Gasteiger partial charge in [-0.2, -0.15) is 0 Å². The van der Waals surface area contributed by atoms with Gasteiger partial charge >= 0.3 is 5.97 Å². The van der Waals surface area contributed by atoms with E-state index in [9.17, 15) is 9.59 Å². The highest BCUT2D eigenvalue weighted by atomic mass is 32.2. The lowest BCUT2D eigenvalue weighted by atomic mass is 10.3. The molecule has 0 aromatic heterocycles. The van der Waals surface area contributed by atoms with Crippen molar-refractivity contribution >= 4 is 23.6 Å². The fourth-order valence-corrected chi connectivity index (χ4v) is 2.43. The number of carbonyl (C=O) groups excluding carboxylic acids is 1. The summed E-state index contributed by atoms with van der Waals surface area (Å²) in [4.78, 5) is 22.2. The Bertz CT molecular complexity index is 231. The molecule has 0 bridgehead atoms. The van der Waals surface area contributed by atoms with Crippen molar-refractivity contribution < 1.29 is 14.7 Å². The highest BCUT2D eigenvalue weighted by Gasteiger charge is 2.45. The molecule has 0 spiro atoms. The van der Waals surface area contributed by atoms with Gasteiger partial charge in [-0.3, -0.25) is 4.79 Å². The van der Waals surface area contributed by atoms with Gasteiger partial charge in [0.15, 0.2) is 4.87 Å². The molecule has 0 radical (unpaired) electrons. The number of amides is 1. The van der Waals surface area contributed by atoms with Crippen molar-refractivity contribution in [2.75, 3.05) is 12.3 Å². The van der Waals surface area contributed by atoms with Gasteiger partial charge in [0.25, 0.3) is 0 Å². The maximum Gasteiger partial charge on any atom is 0.340 e. The van der Waals surface area contributed by atoms with Gasteiger partial charge in [-0.25, -0.2) is 4.79 Å². The minimum Gasteiger partial charge on any atom is -0.479 e. The monoisotopic (exact) mass is 189 g/mol. The molecule has 1 amide bonds. The summed E-state index contributed by atoms with van der Waals surface area (Å²) >= 11 is 1.29. The molecule has 0 aromatic carbocycles. The predicted molar refractivity (Wildman–Crippen MR) is 45.9 cm³/mol. The van der Waals surface area contributed by atoms with Gasteiger partial charge in [-0.15, -0.1) is 11.8 Å². The van der Waals surface area contributed by atoms with E-state index in [-0.39, 0.29) is 5.91 Å². The lowest BCUT2D eigenvalue weighted by Gasteiger charge is -2.28. The van der Waals surface area contributed by atoms with Crippen molar-refractivity contribution in [1.82, 2.24) is 4.90 Å². The number of aliphatic carboxylic acids is 1. The molecule has 1 aliphatic heterocycles. The maximum atomic E-state index is 11.0. The van der Waals surface area contributed by atoms with Crippen molar-refractivity contribution in [3.8, 4) is 0 Å². The van der Waals surface area contributed by atoms with Crippen LogP contribution in [0, 0.1) is 0 Å². The lowest BCUT2D eigenvalue weighted by Crippen LogP contribution is -2.48. The van der Waals surface area contributed by atoms with Crippen LogP contribution in [0.25, 0.3) is 0 Å². The predicted octanol–water partition coefficient (Wildman–Crippen LogP) is 0.383. The molecule has 1 saturated heterocycles. The Morgan fingerprint density at radius 2 is 2.17 bits per heavy atom. The Kier molecular flexibility index (Phi) is 2.32. The Balaban J connectivity index is 2.89. The number of thioether (sulfide) groups is 1. The molecule has 5 heteroatoms. The minimum absolute atomic E-state index is 0.176. The third-order valence-corrected chi connectivity index (χ3v) is 3.33. The molecule has 12 heavy (non-hydrogen) atoms. The molecule has 4 nitrogen and oxygen atoms in total. The topological polar surface area (TPSA) is 57.6 Å². The van der Waals surface area contributed by atoms with Crippen molar-refractivity contribution in [1.29, 1.82) is 0 Å². The molecule has 1 heterocycles. The molecule has 1 N–H and O–H groups in total. The molecule has 0 aromatic rings. The highest BCUT2D eigenvalue weighted by Crippen LogP contribution is 2.35. The van der Waals surface area contributed by atoms with Gasteiger partial charge in [0.2, 0.25) is 5.91 Å². The molecular weight excluding hydrogens is 178 g/mol. The highest BCUT2D eigenvalue weighted by molar-refractivity contribution is 8.01. The van der Waals surface area contributed by atoms with E-state index in [1.807, 2.05) is 0 Å². The first-order chi connectivity index (χ1) is 5.48. The number of carbonyl (C=O) groups is 2. The van der Waals surface area contributed by atoms with Crippen LogP contribution in [0.1, 0.15) is 13.8 Å². The first-order valence-corrected chi connectivity index (χ1v) is 4.62. The van der Waals surface area contributed by atoms with Gasteiger partial charge in [0.1, 0.15) is 0 Å². The maximum absolute atomic E-state index is 11.0. The molecule has 0 saturated carbocycles. The third kappa shape index (κ3) is 1.29. The van der Waals surface area contributed by atoms with E-state index in [1.54, 1.807) is 6.92 Å². The van der Waals surface area contributed by atoms with E-state index in [0.29, 0.717) is 12.3 Å². The fraction of sp³-hybridized carbons (Fsp3) is 0.714. The smallest absolute Gasteiger partial charge is 0.340 e. The Labute approximate surface area is 74.9 Å². The van der Waals surface area contributed by atoms with E-state index in [0.717, 1.165) is 0 Å². The van der Waals surface area contributed by atoms with Crippen LogP contribution in [-0.4, -0.2) is 39.1 Å².